The van der Waals surface area contributed by atoms with Crippen molar-refractivity contribution in [1.82, 2.24) is 0 Å². The Morgan fingerprint density at radius 1 is 0.906 bits per heavy atom. The van der Waals surface area contributed by atoms with E-state index >= 15 is 0 Å². The Balaban J connectivity index is 1.54. The van der Waals surface area contributed by atoms with Crippen molar-refractivity contribution in [3.8, 4) is 0 Å². The van der Waals surface area contributed by atoms with E-state index in [0.717, 1.165) is 28.6 Å². The van der Waals surface area contributed by atoms with Gasteiger partial charge in [0.25, 0.3) is 10.0 Å². The summed E-state index contributed by atoms with van der Waals surface area (Å²) in [6, 6.07) is 22.9. The van der Waals surface area contributed by atoms with Crippen molar-refractivity contribution in [3.63, 3.8) is 0 Å². The van der Waals surface area contributed by atoms with E-state index in [4.69, 9.17) is 0 Å². The molecule has 1 heterocycles. The SMILES string of the molecule is Cc1ccc(N(CC(=O)Nc2ccc(N3CCCC3)cc2)S(=O)(=O)c2ccccc2)cc1. The van der Waals surface area contributed by atoms with E-state index in [2.05, 4.69) is 10.2 Å². The van der Waals surface area contributed by atoms with E-state index in [1.54, 1.807) is 30.3 Å². The zero-order valence-corrected chi connectivity index (χ0v) is 18.9. The average Bonchev–Trinajstić information content (AvgIpc) is 3.34. The molecule has 1 aliphatic rings. The van der Waals surface area contributed by atoms with Crippen molar-refractivity contribution >= 4 is 33.0 Å². The molecule has 0 saturated carbocycles. The fourth-order valence-corrected chi connectivity index (χ4v) is 5.25. The lowest BCUT2D eigenvalue weighted by Crippen LogP contribution is -2.38. The Morgan fingerprint density at radius 3 is 2.16 bits per heavy atom. The number of carbonyl (C=O) groups is 1. The van der Waals surface area contributed by atoms with E-state index in [9.17, 15) is 13.2 Å². The van der Waals surface area contributed by atoms with Gasteiger partial charge in [-0.05, 0) is 68.3 Å². The first-order valence-electron chi connectivity index (χ1n) is 10.7. The Kier molecular flexibility index (Phi) is 6.46. The minimum atomic E-state index is -3.91. The highest BCUT2D eigenvalue weighted by Crippen LogP contribution is 2.25. The van der Waals surface area contributed by atoms with Gasteiger partial charge in [0.05, 0.1) is 10.6 Å². The van der Waals surface area contributed by atoms with E-state index < -0.39 is 15.9 Å². The minimum absolute atomic E-state index is 0.142. The molecule has 1 saturated heterocycles. The van der Waals surface area contributed by atoms with E-state index in [1.165, 1.54) is 25.0 Å². The van der Waals surface area contributed by atoms with Crippen molar-refractivity contribution in [3.05, 3.63) is 84.4 Å². The van der Waals surface area contributed by atoms with Crippen LogP contribution in [0.4, 0.5) is 17.1 Å². The fraction of sp³-hybridized carbons (Fsp3) is 0.240. The van der Waals surface area contributed by atoms with Crippen LogP contribution < -0.4 is 14.5 Å². The van der Waals surface area contributed by atoms with Crippen LogP contribution in [-0.4, -0.2) is 34.0 Å². The predicted octanol–water partition coefficient (Wildman–Crippen LogP) is 4.43. The summed E-state index contributed by atoms with van der Waals surface area (Å²) >= 11 is 0. The number of benzene rings is 3. The molecule has 0 aromatic heterocycles. The van der Waals surface area contributed by atoms with Crippen molar-refractivity contribution in [2.45, 2.75) is 24.7 Å². The van der Waals surface area contributed by atoms with E-state index in [-0.39, 0.29) is 11.4 Å². The number of hydrogen-bond acceptors (Lipinski definition) is 4. The van der Waals surface area contributed by atoms with Crippen LogP contribution in [0.3, 0.4) is 0 Å². The van der Waals surface area contributed by atoms with Gasteiger partial charge in [0.2, 0.25) is 5.91 Å². The van der Waals surface area contributed by atoms with Gasteiger partial charge in [-0.15, -0.1) is 0 Å². The van der Waals surface area contributed by atoms with Gasteiger partial charge < -0.3 is 10.2 Å². The molecule has 166 valence electrons. The van der Waals surface area contributed by atoms with Gasteiger partial charge in [0, 0.05) is 24.5 Å². The highest BCUT2D eigenvalue weighted by atomic mass is 32.2. The Bertz CT molecular complexity index is 1160. The summed E-state index contributed by atoms with van der Waals surface area (Å²) in [5.41, 5.74) is 3.22. The number of rotatable bonds is 7. The first kappa shape index (κ1) is 21.9. The molecule has 0 unspecified atom stereocenters. The second kappa shape index (κ2) is 9.44. The maximum atomic E-state index is 13.3. The van der Waals surface area contributed by atoms with Crippen molar-refractivity contribution in [2.24, 2.45) is 0 Å². The lowest BCUT2D eigenvalue weighted by atomic mass is 10.2. The minimum Gasteiger partial charge on any atom is -0.372 e. The molecular weight excluding hydrogens is 422 g/mol. The maximum Gasteiger partial charge on any atom is 0.264 e. The van der Waals surface area contributed by atoms with Gasteiger partial charge in [0.1, 0.15) is 6.54 Å². The molecule has 0 aliphatic carbocycles. The molecule has 0 spiro atoms. The molecule has 3 aromatic carbocycles. The molecule has 1 fully saturated rings. The van der Waals surface area contributed by atoms with Crippen LogP contribution in [0.15, 0.2) is 83.8 Å². The molecule has 1 N–H and O–H groups in total. The third kappa shape index (κ3) is 4.94. The zero-order chi connectivity index (χ0) is 22.6. The molecule has 32 heavy (non-hydrogen) atoms. The Labute approximate surface area is 189 Å². The third-order valence-corrected chi connectivity index (χ3v) is 7.35. The molecule has 0 atom stereocenters. The van der Waals surface area contributed by atoms with Gasteiger partial charge in [-0.25, -0.2) is 8.42 Å². The van der Waals surface area contributed by atoms with Crippen LogP contribution in [-0.2, 0) is 14.8 Å². The average molecular weight is 450 g/mol. The predicted molar refractivity (Wildman–Crippen MR) is 129 cm³/mol. The summed E-state index contributed by atoms with van der Waals surface area (Å²) in [6.45, 7) is 3.70. The number of sulfonamides is 1. The van der Waals surface area contributed by atoms with E-state index in [1.807, 2.05) is 43.3 Å². The van der Waals surface area contributed by atoms with Gasteiger partial charge in [0.15, 0.2) is 0 Å². The first-order valence-corrected chi connectivity index (χ1v) is 12.2. The van der Waals surface area contributed by atoms with Gasteiger partial charge in [-0.2, -0.15) is 0 Å². The number of nitrogens with one attached hydrogen (secondary N) is 1. The number of anilines is 3. The monoisotopic (exact) mass is 449 g/mol. The topological polar surface area (TPSA) is 69.7 Å². The van der Waals surface area contributed by atoms with Crippen LogP contribution in [0.1, 0.15) is 18.4 Å². The molecule has 4 rings (SSSR count). The summed E-state index contributed by atoms with van der Waals surface area (Å²) in [7, 11) is -3.91. The van der Waals surface area contributed by atoms with Crippen LogP contribution in [0.5, 0.6) is 0 Å². The van der Waals surface area contributed by atoms with Crippen LogP contribution in [0, 0.1) is 6.92 Å². The van der Waals surface area contributed by atoms with E-state index in [0.29, 0.717) is 11.4 Å². The smallest absolute Gasteiger partial charge is 0.264 e. The number of hydrogen-bond donors (Lipinski definition) is 1. The molecule has 3 aromatic rings. The number of carbonyl (C=O) groups excluding carboxylic acids is 1. The first-order chi connectivity index (χ1) is 15.4. The highest BCUT2D eigenvalue weighted by molar-refractivity contribution is 7.92. The number of amides is 1. The standard InChI is InChI=1S/C25H27N3O3S/c1-20-9-13-23(14-10-20)28(32(30,31)24-7-3-2-4-8-24)19-25(29)26-21-11-15-22(16-12-21)27-17-5-6-18-27/h2-4,7-16H,5-6,17-19H2,1H3,(H,26,29). The second-order valence-electron chi connectivity index (χ2n) is 7.95. The molecule has 1 aliphatic heterocycles. The molecule has 0 bridgehead atoms. The largest absolute Gasteiger partial charge is 0.372 e. The molecule has 6 nitrogen and oxygen atoms in total. The number of nitrogens with zero attached hydrogens (tertiary/aromatic N) is 2. The van der Waals surface area contributed by atoms with Gasteiger partial charge in [-0.1, -0.05) is 35.9 Å². The molecule has 7 heteroatoms. The Morgan fingerprint density at radius 2 is 1.53 bits per heavy atom. The fourth-order valence-electron chi connectivity index (χ4n) is 3.81. The number of aryl methyl sites for hydroxylation is 1. The molecule has 1 amide bonds. The van der Waals surface area contributed by atoms with Crippen LogP contribution >= 0.6 is 0 Å². The third-order valence-electron chi connectivity index (χ3n) is 5.56. The van der Waals surface area contributed by atoms with Gasteiger partial charge >= 0.3 is 0 Å². The lowest BCUT2D eigenvalue weighted by Gasteiger charge is -2.24. The van der Waals surface area contributed by atoms with Gasteiger partial charge in [-0.3, -0.25) is 9.10 Å². The van der Waals surface area contributed by atoms with Crippen molar-refractivity contribution < 1.29 is 13.2 Å². The maximum absolute atomic E-state index is 13.3. The molecule has 0 radical (unpaired) electrons. The van der Waals surface area contributed by atoms with Crippen LogP contribution in [0.25, 0.3) is 0 Å². The normalized spacial score (nSPS) is 13.7. The quantitative estimate of drug-likeness (QED) is 0.579. The summed E-state index contributed by atoms with van der Waals surface area (Å²) in [5, 5.41) is 2.83. The second-order valence-corrected chi connectivity index (χ2v) is 9.81. The zero-order valence-electron chi connectivity index (χ0n) is 18.1. The summed E-state index contributed by atoms with van der Waals surface area (Å²) < 4.78 is 27.8. The summed E-state index contributed by atoms with van der Waals surface area (Å²) in [6.07, 6.45) is 2.40. The van der Waals surface area contributed by atoms with Crippen molar-refractivity contribution in [1.29, 1.82) is 0 Å². The Hall–Kier alpha value is -3.32. The summed E-state index contributed by atoms with van der Waals surface area (Å²) in [4.78, 5) is 15.3. The molecular formula is C25H27N3O3S. The van der Waals surface area contributed by atoms with Crippen molar-refractivity contribution in [2.75, 3.05) is 34.2 Å². The van der Waals surface area contributed by atoms with Crippen LogP contribution in [0.2, 0.25) is 0 Å². The highest BCUT2D eigenvalue weighted by Gasteiger charge is 2.27. The lowest BCUT2D eigenvalue weighted by molar-refractivity contribution is -0.114. The summed E-state index contributed by atoms with van der Waals surface area (Å²) in [5.74, 6) is -0.404.